The zero-order valence-electron chi connectivity index (χ0n) is 12.9. The van der Waals surface area contributed by atoms with Crippen LogP contribution in [-0.2, 0) is 14.3 Å². The lowest BCUT2D eigenvalue weighted by molar-refractivity contribution is -0.136. The van der Waals surface area contributed by atoms with Gasteiger partial charge in [0.15, 0.2) is 0 Å². The number of hydrogen-bond acceptors (Lipinski definition) is 3. The minimum absolute atomic E-state index is 0.222. The number of ether oxygens (including phenoxy) is 2. The molecule has 0 spiro atoms. The highest BCUT2D eigenvalue weighted by molar-refractivity contribution is 7.14. The maximum Gasteiger partial charge on any atom is 0.409 e. The van der Waals surface area contributed by atoms with Crippen molar-refractivity contribution in [2.75, 3.05) is 20.3 Å². The zero-order chi connectivity index (χ0) is 15.1. The van der Waals surface area contributed by atoms with E-state index < -0.39 is 14.0 Å². The number of nitrogens with zero attached hydrogens (tertiary/aromatic N) is 2. The van der Waals surface area contributed by atoms with Crippen molar-refractivity contribution in [3.05, 3.63) is 5.53 Å². The molecule has 0 heterocycles. The van der Waals surface area contributed by atoms with Gasteiger partial charge in [0, 0.05) is 13.2 Å². The summed E-state index contributed by atoms with van der Waals surface area (Å²) in [6.07, 6.45) is 0. The molecule has 0 N–H and O–H groups in total. The Hall–Kier alpha value is -0.973. The van der Waals surface area contributed by atoms with E-state index in [2.05, 4.69) is 32.5 Å². The van der Waals surface area contributed by atoms with Crippen molar-refractivity contribution in [3.63, 3.8) is 0 Å². The van der Waals surface area contributed by atoms with Crippen LogP contribution in [0, 0.1) is 0 Å². The molecule has 6 heteroatoms. The molecule has 0 aromatic carbocycles. The Kier molecular flexibility index (Phi) is 7.83. The van der Waals surface area contributed by atoms with Gasteiger partial charge in [-0.25, -0.2) is 4.79 Å². The van der Waals surface area contributed by atoms with Crippen LogP contribution in [0.4, 0.5) is 0 Å². The number of esters is 1. The van der Waals surface area contributed by atoms with Gasteiger partial charge in [-0.2, -0.15) is 4.79 Å². The molecule has 0 aromatic rings. The van der Waals surface area contributed by atoms with Gasteiger partial charge < -0.3 is 15.0 Å². The third-order valence-electron chi connectivity index (χ3n) is 3.84. The van der Waals surface area contributed by atoms with Crippen LogP contribution < -0.4 is 0 Å². The van der Waals surface area contributed by atoms with Crippen LogP contribution in [-0.4, -0.2) is 44.5 Å². The van der Waals surface area contributed by atoms with Crippen LogP contribution >= 0.6 is 0 Å². The third-order valence-corrected chi connectivity index (χ3v) is 10.2. The van der Waals surface area contributed by atoms with Crippen molar-refractivity contribution >= 4 is 19.4 Å². The minimum Gasteiger partial charge on any atom is -0.461 e. The molecule has 0 saturated carbocycles. The fourth-order valence-electron chi connectivity index (χ4n) is 2.72. The van der Waals surface area contributed by atoms with E-state index in [-0.39, 0.29) is 16.4 Å². The van der Waals surface area contributed by atoms with E-state index in [0.717, 1.165) is 6.04 Å². The van der Waals surface area contributed by atoms with Gasteiger partial charge in [0.1, 0.15) is 0 Å². The van der Waals surface area contributed by atoms with E-state index in [0.29, 0.717) is 13.2 Å². The molecule has 0 saturated heterocycles. The first-order valence-electron chi connectivity index (χ1n) is 6.76. The SMILES string of the molecule is CCOCC[Si](C(=[N+]=[N-])C(=O)OC)(C(C)C)C(C)C. The maximum atomic E-state index is 11.9. The molecule has 0 aliphatic carbocycles. The lowest BCUT2D eigenvalue weighted by Gasteiger charge is -2.33. The molecule has 110 valence electrons. The summed E-state index contributed by atoms with van der Waals surface area (Å²) in [6, 6.07) is 0.755. The topological polar surface area (TPSA) is 71.9 Å². The second-order valence-electron chi connectivity index (χ2n) is 5.24. The Bertz CT molecular complexity index is 342. The quantitative estimate of drug-likeness (QED) is 0.172. The van der Waals surface area contributed by atoms with Crippen LogP contribution in [0.3, 0.4) is 0 Å². The average Bonchev–Trinajstić information content (AvgIpc) is 2.36. The summed E-state index contributed by atoms with van der Waals surface area (Å²) < 4.78 is 10.2. The van der Waals surface area contributed by atoms with Gasteiger partial charge in [-0.3, -0.25) is 0 Å². The van der Waals surface area contributed by atoms with E-state index >= 15 is 0 Å². The van der Waals surface area contributed by atoms with Crippen LogP contribution in [0.1, 0.15) is 34.6 Å². The van der Waals surface area contributed by atoms with Crippen molar-refractivity contribution in [3.8, 4) is 0 Å². The van der Waals surface area contributed by atoms with Crippen molar-refractivity contribution in [1.82, 2.24) is 0 Å². The Labute approximate surface area is 116 Å². The Balaban J connectivity index is 5.57. The summed E-state index contributed by atoms with van der Waals surface area (Å²) in [5, 5.41) is 0.222. The van der Waals surface area contributed by atoms with Crippen LogP contribution in [0.2, 0.25) is 17.1 Å². The first-order valence-corrected chi connectivity index (χ1v) is 9.13. The third kappa shape index (κ3) is 3.99. The number of rotatable bonds is 8. The molecule has 0 aliphatic rings. The molecule has 0 fully saturated rings. The normalized spacial score (nSPS) is 11.6. The molecule has 0 aliphatic heterocycles. The summed E-state index contributed by atoms with van der Waals surface area (Å²) in [6.45, 7) is 11.5. The van der Waals surface area contributed by atoms with Gasteiger partial charge in [-0.05, 0) is 24.1 Å². The van der Waals surface area contributed by atoms with Gasteiger partial charge >= 0.3 is 11.3 Å². The van der Waals surface area contributed by atoms with Crippen molar-refractivity contribution in [1.29, 1.82) is 0 Å². The minimum atomic E-state index is -2.30. The molecule has 0 bridgehead atoms. The largest absolute Gasteiger partial charge is 0.461 e. The zero-order valence-corrected chi connectivity index (χ0v) is 13.9. The highest BCUT2D eigenvalue weighted by Gasteiger charge is 2.54. The fraction of sp³-hybridized carbons (Fsp3) is 0.846. The predicted molar refractivity (Wildman–Crippen MR) is 77.9 cm³/mol. The summed E-state index contributed by atoms with van der Waals surface area (Å²) in [7, 11) is -0.985. The highest BCUT2D eigenvalue weighted by Crippen LogP contribution is 2.37. The Morgan fingerprint density at radius 3 is 2.11 bits per heavy atom. The monoisotopic (exact) mass is 286 g/mol. The lowest BCUT2D eigenvalue weighted by Crippen LogP contribution is -2.54. The molecule has 0 atom stereocenters. The van der Waals surface area contributed by atoms with E-state index in [1.54, 1.807) is 0 Å². The first kappa shape index (κ1) is 18.0. The molecule has 19 heavy (non-hydrogen) atoms. The van der Waals surface area contributed by atoms with Gasteiger partial charge in [-0.15, -0.1) is 0 Å². The van der Waals surface area contributed by atoms with E-state index in [1.165, 1.54) is 7.11 Å². The predicted octanol–water partition coefficient (Wildman–Crippen LogP) is 2.67. The molecule has 0 amide bonds. The van der Waals surface area contributed by atoms with Crippen molar-refractivity contribution in [2.24, 2.45) is 0 Å². The van der Waals surface area contributed by atoms with E-state index in [4.69, 9.17) is 9.47 Å². The van der Waals surface area contributed by atoms with Gasteiger partial charge in [-0.1, -0.05) is 27.7 Å². The highest BCUT2D eigenvalue weighted by atomic mass is 28.3. The second-order valence-corrected chi connectivity index (χ2v) is 10.6. The smallest absolute Gasteiger partial charge is 0.409 e. The Morgan fingerprint density at radius 1 is 1.26 bits per heavy atom. The number of hydrogen-bond donors (Lipinski definition) is 0. The molecule has 0 radical (unpaired) electrons. The number of carbonyl (C=O) groups is 1. The van der Waals surface area contributed by atoms with Gasteiger partial charge in [0.2, 0.25) is 8.07 Å². The summed E-state index contributed by atoms with van der Waals surface area (Å²) in [5.41, 5.74) is 9.82. The summed E-state index contributed by atoms with van der Waals surface area (Å²) >= 11 is 0. The molecule has 0 unspecified atom stereocenters. The Morgan fingerprint density at radius 2 is 1.79 bits per heavy atom. The number of methoxy groups -OCH3 is 1. The van der Waals surface area contributed by atoms with Crippen LogP contribution in [0.5, 0.6) is 0 Å². The summed E-state index contributed by atoms with van der Waals surface area (Å²) in [4.78, 5) is 15.2. The molecule has 0 aromatic heterocycles. The average molecular weight is 286 g/mol. The molecular weight excluding hydrogens is 260 g/mol. The summed E-state index contributed by atoms with van der Waals surface area (Å²) in [5.74, 6) is -0.520. The van der Waals surface area contributed by atoms with Crippen molar-refractivity contribution in [2.45, 2.75) is 51.7 Å². The standard InChI is InChI=1S/C13H26N2O3Si/c1-7-18-8-9-19(10(2)3,11(4)5)12(15-14)13(16)17-6/h10-11H,7-9H2,1-6H3. The molecule has 5 nitrogen and oxygen atoms in total. The number of carbonyl (C=O) groups excluding carboxylic acids is 1. The van der Waals surface area contributed by atoms with E-state index in [1.807, 2.05) is 6.92 Å². The second kappa shape index (κ2) is 8.25. The van der Waals surface area contributed by atoms with Crippen LogP contribution in [0.15, 0.2) is 0 Å². The lowest BCUT2D eigenvalue weighted by atomic mass is 10.5. The maximum absolute atomic E-state index is 11.9. The first-order chi connectivity index (χ1) is 8.88. The molecular formula is C13H26N2O3Si. The van der Waals surface area contributed by atoms with Gasteiger partial charge in [0.05, 0.1) is 7.11 Å². The van der Waals surface area contributed by atoms with E-state index in [9.17, 15) is 10.3 Å². The molecule has 0 rings (SSSR count). The van der Waals surface area contributed by atoms with Crippen LogP contribution in [0.25, 0.3) is 5.53 Å². The fourth-order valence-corrected chi connectivity index (χ4v) is 7.68. The van der Waals surface area contributed by atoms with Gasteiger partial charge in [0.25, 0.3) is 0 Å². The van der Waals surface area contributed by atoms with Crippen molar-refractivity contribution < 1.29 is 19.1 Å².